The van der Waals surface area contributed by atoms with E-state index in [2.05, 4.69) is 10.5 Å². The smallest absolute Gasteiger partial charge is 0.267 e. The van der Waals surface area contributed by atoms with Crippen molar-refractivity contribution in [1.29, 1.82) is 0 Å². The van der Waals surface area contributed by atoms with Crippen LogP contribution in [0.3, 0.4) is 0 Å². The van der Waals surface area contributed by atoms with Crippen LogP contribution in [0.15, 0.2) is 90.0 Å². The molecule has 1 amide bonds. The molecule has 0 aliphatic carbocycles. The Kier molecular flexibility index (Phi) is 6.28. The highest BCUT2D eigenvalue weighted by molar-refractivity contribution is 7.83. The maximum absolute atomic E-state index is 12.6. The van der Waals surface area contributed by atoms with Crippen LogP contribution in [0.25, 0.3) is 0 Å². The van der Waals surface area contributed by atoms with E-state index in [4.69, 9.17) is 0 Å². The molecule has 3 aromatic rings. The fourth-order valence-corrected chi connectivity index (χ4v) is 3.35. The summed E-state index contributed by atoms with van der Waals surface area (Å²) in [6, 6.07) is 26.5. The zero-order valence-electron chi connectivity index (χ0n) is 15.0. The molecule has 3 aromatic carbocycles. The zero-order chi connectivity index (χ0) is 19.1. The summed E-state index contributed by atoms with van der Waals surface area (Å²) in [5.74, 6) is 0.118. The lowest BCUT2D eigenvalue weighted by Crippen LogP contribution is -2.20. The Balaban J connectivity index is 1.86. The van der Waals surface area contributed by atoms with E-state index in [1.807, 2.05) is 66.7 Å². The Bertz CT molecular complexity index is 928. The molecule has 0 aromatic heterocycles. The summed E-state index contributed by atoms with van der Waals surface area (Å²) in [5.41, 5.74) is 6.52. The van der Waals surface area contributed by atoms with Crippen LogP contribution in [0, 0.1) is 0 Å². The third-order valence-corrected chi connectivity index (χ3v) is 4.66. The third kappa shape index (κ3) is 5.21. The minimum Gasteiger partial charge on any atom is -0.267 e. The summed E-state index contributed by atoms with van der Waals surface area (Å²) in [5, 5.41) is 4.39. The van der Waals surface area contributed by atoms with Crippen LogP contribution < -0.4 is 5.43 Å². The molecule has 1 N–H and O–H groups in total. The first-order chi connectivity index (χ1) is 13.1. The van der Waals surface area contributed by atoms with Gasteiger partial charge in [-0.2, -0.15) is 5.10 Å². The normalized spacial score (nSPS) is 11.4. The predicted molar refractivity (Wildman–Crippen MR) is 110 cm³/mol. The number of carbonyl (C=O) groups excluding carboxylic acids is 1. The Morgan fingerprint density at radius 1 is 0.852 bits per heavy atom. The second-order valence-electron chi connectivity index (χ2n) is 6.05. The molecule has 0 aliphatic rings. The van der Waals surface area contributed by atoms with E-state index in [0.29, 0.717) is 17.0 Å². The Labute approximate surface area is 161 Å². The molecule has 0 heterocycles. The van der Waals surface area contributed by atoms with Crippen molar-refractivity contribution in [1.82, 2.24) is 5.43 Å². The Hall–Kier alpha value is -3.05. The Morgan fingerprint density at radius 3 is 1.96 bits per heavy atom. The summed E-state index contributed by atoms with van der Waals surface area (Å²) < 4.78 is 11.4. The summed E-state index contributed by atoms with van der Waals surface area (Å²) in [4.78, 5) is 12.6. The van der Waals surface area contributed by atoms with Gasteiger partial charge in [0.15, 0.2) is 0 Å². The lowest BCUT2D eigenvalue weighted by atomic mass is 10.0. The topological polar surface area (TPSA) is 58.5 Å². The minimum absolute atomic E-state index is 0.303. The lowest BCUT2D eigenvalue weighted by molar-refractivity contribution is 0.0955. The van der Waals surface area contributed by atoms with Crippen LogP contribution in [-0.2, 0) is 16.6 Å². The molecule has 1 atom stereocenters. The van der Waals surface area contributed by atoms with Crippen molar-refractivity contribution >= 4 is 22.4 Å². The molecule has 27 heavy (non-hydrogen) atoms. The van der Waals surface area contributed by atoms with E-state index in [-0.39, 0.29) is 5.91 Å². The van der Waals surface area contributed by atoms with Crippen LogP contribution in [0.2, 0.25) is 0 Å². The van der Waals surface area contributed by atoms with Gasteiger partial charge in [-0.15, -0.1) is 0 Å². The van der Waals surface area contributed by atoms with Crippen molar-refractivity contribution in [3.05, 3.63) is 107 Å². The number of hydrazone groups is 1. The monoisotopic (exact) mass is 376 g/mol. The summed E-state index contributed by atoms with van der Waals surface area (Å²) >= 11 is 0. The molecule has 0 aliphatic heterocycles. The third-order valence-electron chi connectivity index (χ3n) is 3.92. The number of amides is 1. The highest BCUT2D eigenvalue weighted by atomic mass is 32.2. The van der Waals surface area contributed by atoms with Crippen molar-refractivity contribution in [3.8, 4) is 0 Å². The number of hydrogen-bond donors (Lipinski definition) is 1. The van der Waals surface area contributed by atoms with E-state index in [0.717, 1.165) is 16.7 Å². The van der Waals surface area contributed by atoms with Gasteiger partial charge in [0.25, 0.3) is 5.91 Å². The minimum atomic E-state index is -0.958. The number of carbonyl (C=O) groups is 1. The number of nitrogens with zero attached hydrogens (tertiary/aromatic N) is 1. The maximum atomic E-state index is 12.6. The molecule has 0 saturated carbocycles. The first-order valence-corrected chi connectivity index (χ1v) is 10.2. The maximum Gasteiger partial charge on any atom is 0.271 e. The summed E-state index contributed by atoms with van der Waals surface area (Å²) in [6.07, 6.45) is 1.64. The second kappa shape index (κ2) is 9.05. The molecule has 5 heteroatoms. The molecule has 0 saturated heterocycles. The quantitative estimate of drug-likeness (QED) is 0.526. The lowest BCUT2D eigenvalue weighted by Gasteiger charge is -2.08. The van der Waals surface area contributed by atoms with Crippen molar-refractivity contribution in [2.75, 3.05) is 6.26 Å². The van der Waals surface area contributed by atoms with Crippen LogP contribution >= 0.6 is 0 Å². The number of hydrogen-bond acceptors (Lipinski definition) is 3. The number of benzene rings is 3. The summed E-state index contributed by atoms with van der Waals surface area (Å²) in [6.45, 7) is 0. The highest BCUT2D eigenvalue weighted by Gasteiger charge is 2.10. The van der Waals surface area contributed by atoms with E-state index in [1.165, 1.54) is 0 Å². The van der Waals surface area contributed by atoms with Crippen LogP contribution in [-0.4, -0.2) is 22.1 Å². The van der Waals surface area contributed by atoms with Gasteiger partial charge in [-0.05, 0) is 17.7 Å². The molecule has 0 bridgehead atoms. The van der Waals surface area contributed by atoms with E-state index in [1.54, 1.807) is 24.5 Å². The predicted octanol–water partition coefficient (Wildman–Crippen LogP) is 3.75. The molecule has 136 valence electrons. The largest absolute Gasteiger partial charge is 0.271 e. The Morgan fingerprint density at radius 2 is 1.41 bits per heavy atom. The van der Waals surface area contributed by atoms with Gasteiger partial charge in [0, 0.05) is 39.5 Å². The number of rotatable bonds is 6. The van der Waals surface area contributed by atoms with Crippen LogP contribution in [0.1, 0.15) is 27.0 Å². The van der Waals surface area contributed by atoms with Gasteiger partial charge in [0.1, 0.15) is 0 Å². The van der Waals surface area contributed by atoms with Gasteiger partial charge in [-0.1, -0.05) is 72.8 Å². The van der Waals surface area contributed by atoms with Crippen molar-refractivity contribution < 1.29 is 9.00 Å². The van der Waals surface area contributed by atoms with Crippen LogP contribution in [0.4, 0.5) is 0 Å². The zero-order valence-corrected chi connectivity index (χ0v) is 15.8. The van der Waals surface area contributed by atoms with E-state index < -0.39 is 10.8 Å². The molecule has 4 nitrogen and oxygen atoms in total. The molecular formula is C22H20N2O2S. The van der Waals surface area contributed by atoms with Gasteiger partial charge in [-0.25, -0.2) is 5.43 Å². The van der Waals surface area contributed by atoms with Gasteiger partial charge >= 0.3 is 0 Å². The van der Waals surface area contributed by atoms with E-state index >= 15 is 0 Å². The second-order valence-corrected chi connectivity index (χ2v) is 7.49. The fraction of sp³-hybridized carbons (Fsp3) is 0.0909. The molecule has 0 spiro atoms. The van der Waals surface area contributed by atoms with Crippen LogP contribution in [0.5, 0.6) is 0 Å². The van der Waals surface area contributed by atoms with Crippen molar-refractivity contribution in [3.63, 3.8) is 0 Å². The average Bonchev–Trinajstić information content (AvgIpc) is 2.69. The van der Waals surface area contributed by atoms with Gasteiger partial charge < -0.3 is 0 Å². The molecule has 1 unspecified atom stereocenters. The highest BCUT2D eigenvalue weighted by Crippen LogP contribution is 2.11. The average molecular weight is 376 g/mol. The first-order valence-electron chi connectivity index (χ1n) is 8.51. The van der Waals surface area contributed by atoms with Gasteiger partial charge in [0.2, 0.25) is 0 Å². The fourth-order valence-electron chi connectivity index (χ4n) is 2.70. The molecule has 0 radical (unpaired) electrons. The molecule has 3 rings (SSSR count). The summed E-state index contributed by atoms with van der Waals surface area (Å²) in [7, 11) is -0.958. The van der Waals surface area contributed by atoms with E-state index in [9.17, 15) is 9.00 Å². The standard InChI is InChI=1S/C22H20N2O2S/c1-27(26)16-17-9-8-14-20(15-17)22(25)24-23-21(18-10-4-2-5-11-18)19-12-6-3-7-13-19/h2-15H,16H2,1H3,(H,24,25). The van der Waals surface area contributed by atoms with Gasteiger partial charge in [0.05, 0.1) is 5.71 Å². The first kappa shape index (κ1) is 18.7. The molecule has 0 fully saturated rings. The number of nitrogens with one attached hydrogen (secondary N) is 1. The van der Waals surface area contributed by atoms with Crippen molar-refractivity contribution in [2.45, 2.75) is 5.75 Å². The SMILES string of the molecule is CS(=O)Cc1cccc(C(=O)NN=C(c2ccccc2)c2ccccc2)c1. The van der Waals surface area contributed by atoms with Crippen molar-refractivity contribution in [2.24, 2.45) is 5.10 Å². The van der Waals surface area contributed by atoms with Gasteiger partial charge in [-0.3, -0.25) is 9.00 Å². The molecular weight excluding hydrogens is 356 g/mol.